The molecule has 3 nitrogen and oxygen atoms in total. The minimum atomic E-state index is -2.51. The van der Waals surface area contributed by atoms with Crippen molar-refractivity contribution in [2.24, 2.45) is 5.92 Å². The number of carboxylic acid groups (broad SMARTS) is 1. The fourth-order valence-corrected chi connectivity index (χ4v) is 1.83. The zero-order chi connectivity index (χ0) is 12.4. The maximum absolute atomic E-state index is 12.0. The maximum Gasteiger partial charge on any atom is 0.307 e. The van der Waals surface area contributed by atoms with Crippen molar-refractivity contribution < 1.29 is 23.4 Å². The average Bonchev–Trinajstić information content (AvgIpc) is 3.06. The van der Waals surface area contributed by atoms with Crippen molar-refractivity contribution in [3.05, 3.63) is 29.8 Å². The topological polar surface area (TPSA) is 46.5 Å². The van der Waals surface area contributed by atoms with Crippen molar-refractivity contribution in [2.45, 2.75) is 18.8 Å². The molecule has 0 spiro atoms. The van der Waals surface area contributed by atoms with Crippen LogP contribution in [0.1, 0.15) is 17.9 Å². The number of benzene rings is 1. The highest BCUT2D eigenvalue weighted by Crippen LogP contribution is 2.48. The molecule has 92 valence electrons. The van der Waals surface area contributed by atoms with Crippen molar-refractivity contribution in [3.8, 4) is 5.75 Å². The Balaban J connectivity index is 2.00. The van der Waals surface area contributed by atoms with E-state index in [1.54, 1.807) is 24.3 Å². The van der Waals surface area contributed by atoms with E-state index in [0.717, 1.165) is 5.56 Å². The Bertz CT molecular complexity index is 420. The first-order valence-electron chi connectivity index (χ1n) is 5.31. The van der Waals surface area contributed by atoms with Crippen LogP contribution in [-0.2, 0) is 4.79 Å². The highest BCUT2D eigenvalue weighted by atomic mass is 19.3. The summed E-state index contributed by atoms with van der Waals surface area (Å²) in [5.41, 5.74) is 0.837. The SMILES string of the molecule is O=C(O)[C@H]1C[C@H]1c1cccc(OCC(F)F)c1. The molecule has 1 aliphatic rings. The lowest BCUT2D eigenvalue weighted by atomic mass is 10.1. The third-order valence-electron chi connectivity index (χ3n) is 2.77. The van der Waals surface area contributed by atoms with Gasteiger partial charge in [-0.1, -0.05) is 12.1 Å². The lowest BCUT2D eigenvalue weighted by Gasteiger charge is -2.07. The summed E-state index contributed by atoms with van der Waals surface area (Å²) in [6.45, 7) is -0.642. The Morgan fingerprint density at radius 3 is 2.88 bits per heavy atom. The molecule has 0 amide bonds. The number of carboxylic acids is 1. The van der Waals surface area contributed by atoms with E-state index in [9.17, 15) is 13.6 Å². The van der Waals surface area contributed by atoms with Crippen LogP contribution >= 0.6 is 0 Å². The molecule has 0 heterocycles. The average molecular weight is 242 g/mol. The van der Waals surface area contributed by atoms with Gasteiger partial charge < -0.3 is 9.84 Å². The third-order valence-corrected chi connectivity index (χ3v) is 2.77. The van der Waals surface area contributed by atoms with Gasteiger partial charge in [-0.3, -0.25) is 4.79 Å². The standard InChI is InChI=1S/C12H12F2O3/c13-11(14)6-17-8-3-1-2-7(4-8)9-5-10(9)12(15)16/h1-4,9-11H,5-6H2,(H,15,16)/t9-,10-/m0/s1. The van der Waals surface area contributed by atoms with E-state index in [1.165, 1.54) is 0 Å². The predicted molar refractivity (Wildman–Crippen MR) is 56.4 cm³/mol. The molecule has 0 aromatic heterocycles. The molecule has 1 aliphatic carbocycles. The normalized spacial score (nSPS) is 22.5. The maximum atomic E-state index is 12.0. The van der Waals surface area contributed by atoms with Gasteiger partial charge >= 0.3 is 5.97 Å². The molecule has 0 aliphatic heterocycles. The molecule has 1 N–H and O–H groups in total. The first kappa shape index (κ1) is 11.8. The monoisotopic (exact) mass is 242 g/mol. The lowest BCUT2D eigenvalue weighted by Crippen LogP contribution is -2.07. The van der Waals surface area contributed by atoms with Crippen molar-refractivity contribution in [1.29, 1.82) is 0 Å². The Hall–Kier alpha value is -1.65. The summed E-state index contributed by atoms with van der Waals surface area (Å²) in [6.07, 6.45) is -1.90. The van der Waals surface area contributed by atoms with Crippen molar-refractivity contribution in [2.75, 3.05) is 6.61 Å². The molecule has 1 aromatic rings. The van der Waals surface area contributed by atoms with Crippen molar-refractivity contribution >= 4 is 5.97 Å². The predicted octanol–water partition coefficient (Wildman–Crippen LogP) is 2.52. The Kier molecular flexibility index (Phi) is 3.26. The van der Waals surface area contributed by atoms with E-state index in [0.29, 0.717) is 12.2 Å². The fourth-order valence-electron chi connectivity index (χ4n) is 1.83. The number of rotatable bonds is 5. The van der Waals surface area contributed by atoms with Gasteiger partial charge in [0.15, 0.2) is 0 Å². The Morgan fingerprint density at radius 2 is 2.29 bits per heavy atom. The molecule has 2 atom stereocenters. The highest BCUT2D eigenvalue weighted by Gasteiger charge is 2.44. The van der Waals surface area contributed by atoms with Gasteiger partial charge in [-0.25, -0.2) is 8.78 Å². The number of aliphatic carboxylic acids is 1. The molecule has 1 saturated carbocycles. The highest BCUT2D eigenvalue weighted by molar-refractivity contribution is 5.75. The fraction of sp³-hybridized carbons (Fsp3) is 0.417. The van der Waals surface area contributed by atoms with Gasteiger partial charge in [0.1, 0.15) is 12.4 Å². The van der Waals surface area contributed by atoms with Gasteiger partial charge in [-0.15, -0.1) is 0 Å². The molecular formula is C12H12F2O3. The molecule has 0 unspecified atom stereocenters. The van der Waals surface area contributed by atoms with Gasteiger partial charge in [-0.2, -0.15) is 0 Å². The van der Waals surface area contributed by atoms with Gasteiger partial charge in [0.2, 0.25) is 0 Å². The second kappa shape index (κ2) is 4.69. The van der Waals surface area contributed by atoms with Gasteiger partial charge in [0, 0.05) is 0 Å². The van der Waals surface area contributed by atoms with Crippen LogP contribution in [0.15, 0.2) is 24.3 Å². The third kappa shape index (κ3) is 2.93. The molecule has 1 aromatic carbocycles. The van der Waals surface area contributed by atoms with E-state index in [4.69, 9.17) is 9.84 Å². The van der Waals surface area contributed by atoms with Crippen molar-refractivity contribution in [1.82, 2.24) is 0 Å². The molecule has 0 radical (unpaired) electrons. The second-order valence-electron chi connectivity index (χ2n) is 4.06. The van der Waals surface area contributed by atoms with Crippen LogP contribution in [0, 0.1) is 5.92 Å². The minimum Gasteiger partial charge on any atom is -0.488 e. The van der Waals surface area contributed by atoms with Crippen LogP contribution in [-0.4, -0.2) is 24.1 Å². The molecule has 2 rings (SSSR count). The molecule has 17 heavy (non-hydrogen) atoms. The summed E-state index contributed by atoms with van der Waals surface area (Å²) >= 11 is 0. The number of hydrogen-bond donors (Lipinski definition) is 1. The summed E-state index contributed by atoms with van der Waals surface area (Å²) < 4.78 is 28.8. The first-order chi connectivity index (χ1) is 8.08. The van der Waals surface area contributed by atoms with E-state index in [1.807, 2.05) is 0 Å². The Labute approximate surface area is 97.0 Å². The minimum absolute atomic E-state index is 0.0115. The number of carbonyl (C=O) groups is 1. The van der Waals surface area contributed by atoms with Crippen LogP contribution in [0.4, 0.5) is 8.78 Å². The van der Waals surface area contributed by atoms with E-state index in [2.05, 4.69) is 0 Å². The van der Waals surface area contributed by atoms with Crippen LogP contribution in [0.5, 0.6) is 5.75 Å². The van der Waals surface area contributed by atoms with Crippen LogP contribution in [0.3, 0.4) is 0 Å². The number of halogens is 2. The summed E-state index contributed by atoms with van der Waals surface area (Å²) in [6, 6.07) is 6.70. The summed E-state index contributed by atoms with van der Waals surface area (Å²) in [4.78, 5) is 10.7. The summed E-state index contributed by atoms with van der Waals surface area (Å²) in [5, 5.41) is 8.80. The van der Waals surface area contributed by atoms with Crippen LogP contribution < -0.4 is 4.74 Å². The van der Waals surface area contributed by atoms with Crippen molar-refractivity contribution in [3.63, 3.8) is 0 Å². The van der Waals surface area contributed by atoms with Crippen LogP contribution in [0.25, 0.3) is 0 Å². The molecule has 1 fully saturated rings. The molecule has 0 bridgehead atoms. The number of hydrogen-bond acceptors (Lipinski definition) is 2. The zero-order valence-electron chi connectivity index (χ0n) is 8.98. The largest absolute Gasteiger partial charge is 0.488 e. The zero-order valence-corrected chi connectivity index (χ0v) is 8.98. The van der Waals surface area contributed by atoms with Gasteiger partial charge in [0.25, 0.3) is 6.43 Å². The quantitative estimate of drug-likeness (QED) is 0.863. The van der Waals surface area contributed by atoms with Gasteiger partial charge in [-0.05, 0) is 30.0 Å². The van der Waals surface area contributed by atoms with E-state index < -0.39 is 19.0 Å². The first-order valence-corrected chi connectivity index (χ1v) is 5.31. The summed E-state index contributed by atoms with van der Waals surface area (Å²) in [7, 11) is 0. The number of alkyl halides is 2. The molecular weight excluding hydrogens is 230 g/mol. The molecule has 0 saturated heterocycles. The van der Waals surface area contributed by atoms with Crippen LogP contribution in [0.2, 0.25) is 0 Å². The van der Waals surface area contributed by atoms with E-state index >= 15 is 0 Å². The van der Waals surface area contributed by atoms with E-state index in [-0.39, 0.29) is 11.8 Å². The number of ether oxygens (including phenoxy) is 1. The smallest absolute Gasteiger partial charge is 0.307 e. The second-order valence-corrected chi connectivity index (χ2v) is 4.06. The Morgan fingerprint density at radius 1 is 1.53 bits per heavy atom. The molecule has 5 heteroatoms. The van der Waals surface area contributed by atoms with Gasteiger partial charge in [0.05, 0.1) is 5.92 Å². The summed E-state index contributed by atoms with van der Waals surface area (Å²) in [5.74, 6) is -0.810. The lowest BCUT2D eigenvalue weighted by molar-refractivity contribution is -0.138.